The maximum atomic E-state index is 9.31. The average molecular weight is 376 g/mol. The number of hydrogen-bond acceptors (Lipinski definition) is 6. The zero-order chi connectivity index (χ0) is 20.3. The minimum atomic E-state index is 0.222. The van der Waals surface area contributed by atoms with Crippen LogP contribution >= 0.6 is 0 Å². The molecule has 2 N–H and O–H groups in total. The van der Waals surface area contributed by atoms with Gasteiger partial charge in [0.2, 0.25) is 0 Å². The first-order valence-corrected chi connectivity index (χ1v) is 9.23. The van der Waals surface area contributed by atoms with Gasteiger partial charge in [-0.25, -0.2) is 9.97 Å². The molecule has 1 aromatic carbocycles. The number of nitrogens with two attached hydrogens (primary N) is 1. The van der Waals surface area contributed by atoms with E-state index in [0.717, 1.165) is 28.9 Å². The molecule has 144 valence electrons. The summed E-state index contributed by atoms with van der Waals surface area (Å²) in [6.45, 7) is 8.57. The summed E-state index contributed by atoms with van der Waals surface area (Å²) >= 11 is 0. The Morgan fingerprint density at radius 1 is 1.21 bits per heavy atom. The van der Waals surface area contributed by atoms with E-state index in [9.17, 15) is 5.26 Å². The standard InChI is InChI=1S/C21H24N6O/c1-13(2)27-15(4)20(14(3)26-27)28-19-9-16(10-23)5-6-18(19)21-24-11-17(7-8-22)12-25-21/h5-6,9,11-13H,7-8,22H2,1-4H3. The van der Waals surface area contributed by atoms with Crippen LogP contribution in [0.5, 0.6) is 11.5 Å². The second-order valence-corrected chi connectivity index (χ2v) is 6.92. The molecule has 28 heavy (non-hydrogen) atoms. The molecule has 2 aromatic heterocycles. The lowest BCUT2D eigenvalue weighted by molar-refractivity contribution is 0.468. The third-order valence-electron chi connectivity index (χ3n) is 4.45. The quantitative estimate of drug-likeness (QED) is 0.703. The van der Waals surface area contributed by atoms with E-state index < -0.39 is 0 Å². The van der Waals surface area contributed by atoms with Gasteiger partial charge in [-0.3, -0.25) is 4.68 Å². The van der Waals surface area contributed by atoms with Gasteiger partial charge in [0.1, 0.15) is 11.4 Å². The monoisotopic (exact) mass is 376 g/mol. The van der Waals surface area contributed by atoms with Crippen LogP contribution in [0.15, 0.2) is 30.6 Å². The molecular weight excluding hydrogens is 352 g/mol. The molecule has 7 heteroatoms. The van der Waals surface area contributed by atoms with Gasteiger partial charge in [0.25, 0.3) is 0 Å². The highest BCUT2D eigenvalue weighted by Crippen LogP contribution is 2.36. The Kier molecular flexibility index (Phi) is 5.71. The highest BCUT2D eigenvalue weighted by Gasteiger charge is 2.18. The second kappa shape index (κ2) is 8.19. The normalized spacial score (nSPS) is 10.9. The largest absolute Gasteiger partial charge is 0.453 e. The SMILES string of the molecule is Cc1nn(C(C)C)c(C)c1Oc1cc(C#N)ccc1-c1ncc(CCN)cn1. The van der Waals surface area contributed by atoms with E-state index in [1.807, 2.05) is 24.6 Å². The van der Waals surface area contributed by atoms with Crippen molar-refractivity contribution in [3.63, 3.8) is 0 Å². The molecule has 0 amide bonds. The molecule has 0 aliphatic heterocycles. The number of nitrogens with zero attached hydrogens (tertiary/aromatic N) is 5. The van der Waals surface area contributed by atoms with Gasteiger partial charge >= 0.3 is 0 Å². The third kappa shape index (κ3) is 3.87. The molecule has 0 radical (unpaired) electrons. The van der Waals surface area contributed by atoms with Gasteiger partial charge < -0.3 is 10.5 Å². The van der Waals surface area contributed by atoms with Gasteiger partial charge in [-0.15, -0.1) is 0 Å². The van der Waals surface area contributed by atoms with Crippen molar-refractivity contribution in [2.75, 3.05) is 6.54 Å². The molecule has 7 nitrogen and oxygen atoms in total. The smallest absolute Gasteiger partial charge is 0.171 e. The Morgan fingerprint density at radius 3 is 2.50 bits per heavy atom. The summed E-state index contributed by atoms with van der Waals surface area (Å²) in [5.41, 5.74) is 9.51. The Balaban J connectivity index is 2.04. The van der Waals surface area contributed by atoms with Crippen LogP contribution in [0.25, 0.3) is 11.4 Å². The van der Waals surface area contributed by atoms with Crippen molar-refractivity contribution < 1.29 is 4.74 Å². The Hall–Kier alpha value is -3.24. The summed E-state index contributed by atoms with van der Waals surface area (Å²) in [5.74, 6) is 1.75. The predicted octanol–water partition coefficient (Wildman–Crippen LogP) is 3.70. The van der Waals surface area contributed by atoms with Crippen LogP contribution in [0.3, 0.4) is 0 Å². The van der Waals surface area contributed by atoms with Crippen LogP contribution in [0.4, 0.5) is 0 Å². The summed E-state index contributed by atoms with van der Waals surface area (Å²) in [6.07, 6.45) is 4.26. The molecule has 0 spiro atoms. The van der Waals surface area contributed by atoms with Crippen molar-refractivity contribution in [1.82, 2.24) is 19.7 Å². The van der Waals surface area contributed by atoms with Crippen molar-refractivity contribution in [2.24, 2.45) is 5.73 Å². The lowest BCUT2D eigenvalue weighted by atomic mass is 10.1. The molecule has 0 aliphatic rings. The summed E-state index contributed by atoms with van der Waals surface area (Å²) in [5, 5.41) is 13.9. The number of aromatic nitrogens is 4. The number of rotatable bonds is 6. The van der Waals surface area contributed by atoms with Crippen molar-refractivity contribution >= 4 is 0 Å². The molecule has 3 rings (SSSR count). The fourth-order valence-electron chi connectivity index (χ4n) is 3.06. The molecule has 2 heterocycles. The summed E-state index contributed by atoms with van der Waals surface area (Å²) < 4.78 is 8.17. The molecule has 0 saturated heterocycles. The lowest BCUT2D eigenvalue weighted by Gasteiger charge is -2.12. The predicted molar refractivity (Wildman–Crippen MR) is 107 cm³/mol. The highest BCUT2D eigenvalue weighted by molar-refractivity contribution is 5.66. The average Bonchev–Trinajstić information content (AvgIpc) is 2.97. The fraction of sp³-hybridized carbons (Fsp3) is 0.333. The van der Waals surface area contributed by atoms with Gasteiger partial charge in [0.05, 0.1) is 22.9 Å². The molecule has 0 fully saturated rings. The molecule has 0 bridgehead atoms. The molecule has 0 aliphatic carbocycles. The summed E-state index contributed by atoms with van der Waals surface area (Å²) in [6, 6.07) is 7.62. The number of ether oxygens (including phenoxy) is 1. The molecule has 3 aromatic rings. The van der Waals surface area contributed by atoms with Crippen molar-refractivity contribution in [2.45, 2.75) is 40.2 Å². The van der Waals surface area contributed by atoms with Crippen molar-refractivity contribution in [3.05, 3.63) is 53.1 Å². The topological polar surface area (TPSA) is 103 Å². The fourth-order valence-corrected chi connectivity index (χ4v) is 3.06. The van der Waals surface area contributed by atoms with Crippen molar-refractivity contribution in [3.8, 4) is 29.0 Å². The molecular formula is C21H24N6O. The van der Waals surface area contributed by atoms with E-state index in [-0.39, 0.29) is 6.04 Å². The van der Waals surface area contributed by atoms with E-state index in [4.69, 9.17) is 10.5 Å². The zero-order valence-corrected chi connectivity index (χ0v) is 16.6. The van der Waals surface area contributed by atoms with Crippen LogP contribution in [0, 0.1) is 25.2 Å². The van der Waals surface area contributed by atoms with Crippen molar-refractivity contribution in [1.29, 1.82) is 5.26 Å². The number of hydrogen-bond donors (Lipinski definition) is 1. The number of benzene rings is 1. The highest BCUT2D eigenvalue weighted by atomic mass is 16.5. The van der Waals surface area contributed by atoms with E-state index in [2.05, 4.69) is 35.0 Å². The third-order valence-corrected chi connectivity index (χ3v) is 4.45. The first-order chi connectivity index (χ1) is 13.4. The minimum Gasteiger partial charge on any atom is -0.453 e. The summed E-state index contributed by atoms with van der Waals surface area (Å²) in [4.78, 5) is 8.91. The molecule has 0 saturated carbocycles. The van der Waals surface area contributed by atoms with E-state index in [1.54, 1.807) is 24.5 Å². The Bertz CT molecular complexity index is 1010. The van der Waals surface area contributed by atoms with Gasteiger partial charge in [0, 0.05) is 18.4 Å². The van der Waals surface area contributed by atoms with E-state index >= 15 is 0 Å². The number of nitriles is 1. The van der Waals surface area contributed by atoms with Crippen LogP contribution in [0.2, 0.25) is 0 Å². The molecule has 0 atom stereocenters. The van der Waals surface area contributed by atoms with Crippen LogP contribution < -0.4 is 10.5 Å². The maximum absolute atomic E-state index is 9.31. The van der Waals surface area contributed by atoms with Gasteiger partial charge in [-0.2, -0.15) is 10.4 Å². The van der Waals surface area contributed by atoms with Crippen LogP contribution in [0.1, 0.15) is 42.4 Å². The van der Waals surface area contributed by atoms with Gasteiger partial charge in [-0.1, -0.05) is 0 Å². The first-order valence-electron chi connectivity index (χ1n) is 9.23. The van der Waals surface area contributed by atoms with Crippen LogP contribution in [-0.2, 0) is 6.42 Å². The van der Waals surface area contributed by atoms with Gasteiger partial charge in [-0.05, 0) is 64.4 Å². The van der Waals surface area contributed by atoms with E-state index in [1.165, 1.54) is 0 Å². The minimum absolute atomic E-state index is 0.222. The lowest BCUT2D eigenvalue weighted by Crippen LogP contribution is -2.05. The zero-order valence-electron chi connectivity index (χ0n) is 16.6. The summed E-state index contributed by atoms with van der Waals surface area (Å²) in [7, 11) is 0. The maximum Gasteiger partial charge on any atom is 0.171 e. The first kappa shape index (κ1) is 19.5. The second-order valence-electron chi connectivity index (χ2n) is 6.92. The number of aryl methyl sites for hydroxylation is 1. The Labute approximate surface area is 164 Å². The van der Waals surface area contributed by atoms with Crippen LogP contribution in [-0.4, -0.2) is 26.3 Å². The van der Waals surface area contributed by atoms with Gasteiger partial charge in [0.15, 0.2) is 11.6 Å². The van der Waals surface area contributed by atoms with E-state index in [0.29, 0.717) is 29.4 Å². The molecule has 0 unspecified atom stereocenters. The Morgan fingerprint density at radius 2 is 1.93 bits per heavy atom.